The number of nitrogens with one attached hydrogen (secondary N) is 1. The lowest BCUT2D eigenvalue weighted by Gasteiger charge is -2.24. The van der Waals surface area contributed by atoms with Gasteiger partial charge in [0.1, 0.15) is 6.04 Å². The van der Waals surface area contributed by atoms with Crippen molar-refractivity contribution in [2.24, 2.45) is 5.92 Å². The quantitative estimate of drug-likeness (QED) is 0.655. The van der Waals surface area contributed by atoms with E-state index in [9.17, 15) is 13.2 Å². The minimum absolute atomic E-state index is 0.0961. The fraction of sp³-hybridized carbons (Fsp3) is 0.929. The largest absolute Gasteiger partial charge is 0.396 e. The Bertz CT molecular complexity index is 425. The Morgan fingerprint density at radius 2 is 2.14 bits per heavy atom. The van der Waals surface area contributed by atoms with Crippen LogP contribution in [-0.2, 0) is 14.8 Å². The lowest BCUT2D eigenvalue weighted by Crippen LogP contribution is -2.47. The zero-order chi connectivity index (χ0) is 15.9. The van der Waals surface area contributed by atoms with Crippen LogP contribution in [0.1, 0.15) is 46.0 Å². The maximum Gasteiger partial charge on any atom is 0.238 e. The average molecular weight is 320 g/mol. The highest BCUT2D eigenvalue weighted by Crippen LogP contribution is 2.22. The number of sulfonamides is 1. The highest BCUT2D eigenvalue weighted by atomic mass is 32.2. The molecular formula is C14H28N2O4S. The van der Waals surface area contributed by atoms with E-state index in [0.717, 1.165) is 12.8 Å². The van der Waals surface area contributed by atoms with Gasteiger partial charge in [0.05, 0.1) is 5.75 Å². The molecule has 21 heavy (non-hydrogen) atoms. The minimum Gasteiger partial charge on any atom is -0.396 e. The molecule has 1 rings (SSSR count). The van der Waals surface area contributed by atoms with Gasteiger partial charge in [0.25, 0.3) is 0 Å². The topological polar surface area (TPSA) is 86.7 Å². The highest BCUT2D eigenvalue weighted by molar-refractivity contribution is 7.89. The number of rotatable bonds is 9. The number of nitrogens with zero attached hydrogens (tertiary/aromatic N) is 1. The zero-order valence-corrected chi connectivity index (χ0v) is 13.9. The zero-order valence-electron chi connectivity index (χ0n) is 13.0. The Hall–Kier alpha value is -0.660. The maximum absolute atomic E-state index is 12.3. The molecule has 0 saturated carbocycles. The summed E-state index contributed by atoms with van der Waals surface area (Å²) in [6, 6.07) is -0.562. The molecule has 7 heteroatoms. The Morgan fingerprint density at radius 3 is 2.71 bits per heavy atom. The van der Waals surface area contributed by atoms with E-state index in [2.05, 4.69) is 5.32 Å². The van der Waals surface area contributed by atoms with Crippen molar-refractivity contribution in [2.45, 2.75) is 52.0 Å². The molecule has 124 valence electrons. The van der Waals surface area contributed by atoms with E-state index in [-0.39, 0.29) is 24.2 Å². The SMILES string of the molecule is CCCS(=O)(=O)N1CCCC1C(=O)NCC(CC)CCO. The van der Waals surface area contributed by atoms with Crippen molar-refractivity contribution in [1.29, 1.82) is 0 Å². The number of aliphatic hydroxyl groups excluding tert-OH is 1. The molecule has 0 aliphatic carbocycles. The number of carbonyl (C=O) groups excluding carboxylic acids is 1. The van der Waals surface area contributed by atoms with Crippen molar-refractivity contribution in [3.8, 4) is 0 Å². The van der Waals surface area contributed by atoms with Crippen LogP contribution in [-0.4, -0.2) is 55.2 Å². The molecule has 1 saturated heterocycles. The summed E-state index contributed by atoms with van der Waals surface area (Å²) >= 11 is 0. The molecule has 1 aliphatic heterocycles. The van der Waals surface area contributed by atoms with Crippen molar-refractivity contribution >= 4 is 15.9 Å². The van der Waals surface area contributed by atoms with E-state index in [1.54, 1.807) is 0 Å². The molecular weight excluding hydrogens is 292 g/mol. The molecule has 1 fully saturated rings. The first-order valence-electron chi connectivity index (χ1n) is 7.84. The molecule has 0 aromatic heterocycles. The van der Waals surface area contributed by atoms with Crippen LogP contribution < -0.4 is 5.32 Å². The standard InChI is InChI=1S/C14H28N2O4S/c1-3-10-21(19,20)16-8-5-6-13(16)14(18)15-11-12(4-2)7-9-17/h12-13,17H,3-11H2,1-2H3,(H,15,18). The minimum atomic E-state index is -3.33. The van der Waals surface area contributed by atoms with Gasteiger partial charge in [-0.2, -0.15) is 4.31 Å². The number of hydrogen-bond donors (Lipinski definition) is 2. The fourth-order valence-electron chi connectivity index (χ4n) is 2.71. The van der Waals surface area contributed by atoms with Gasteiger partial charge in [-0.15, -0.1) is 0 Å². The molecule has 1 heterocycles. The summed E-state index contributed by atoms with van der Waals surface area (Å²) in [5.74, 6) is 0.128. The van der Waals surface area contributed by atoms with Crippen LogP contribution in [0.15, 0.2) is 0 Å². The predicted molar refractivity (Wildman–Crippen MR) is 82.3 cm³/mol. The van der Waals surface area contributed by atoms with Gasteiger partial charge < -0.3 is 10.4 Å². The number of aliphatic hydroxyl groups is 1. The molecule has 6 nitrogen and oxygen atoms in total. The molecule has 0 bridgehead atoms. The highest BCUT2D eigenvalue weighted by Gasteiger charge is 2.37. The normalized spacial score (nSPS) is 21.4. The average Bonchev–Trinajstić information content (AvgIpc) is 2.93. The monoisotopic (exact) mass is 320 g/mol. The van der Waals surface area contributed by atoms with Crippen LogP contribution in [0.3, 0.4) is 0 Å². The van der Waals surface area contributed by atoms with Crippen LogP contribution in [0.4, 0.5) is 0 Å². The van der Waals surface area contributed by atoms with E-state index in [1.807, 2.05) is 13.8 Å². The Balaban J connectivity index is 2.60. The Labute approximate surface area is 128 Å². The van der Waals surface area contributed by atoms with Crippen molar-refractivity contribution in [3.63, 3.8) is 0 Å². The first-order valence-corrected chi connectivity index (χ1v) is 9.45. The van der Waals surface area contributed by atoms with Gasteiger partial charge in [0.15, 0.2) is 0 Å². The van der Waals surface area contributed by atoms with Crippen molar-refractivity contribution in [1.82, 2.24) is 9.62 Å². The third kappa shape index (κ3) is 5.23. The summed E-state index contributed by atoms with van der Waals surface area (Å²) < 4.78 is 25.7. The van der Waals surface area contributed by atoms with E-state index < -0.39 is 16.1 Å². The molecule has 0 radical (unpaired) electrons. The molecule has 2 N–H and O–H groups in total. The lowest BCUT2D eigenvalue weighted by molar-refractivity contribution is -0.124. The van der Waals surface area contributed by atoms with Gasteiger partial charge >= 0.3 is 0 Å². The number of amides is 1. The number of hydrogen-bond acceptors (Lipinski definition) is 4. The summed E-state index contributed by atoms with van der Waals surface area (Å²) in [6.07, 6.45) is 3.41. The summed E-state index contributed by atoms with van der Waals surface area (Å²) in [6.45, 7) is 4.88. The Morgan fingerprint density at radius 1 is 1.43 bits per heavy atom. The summed E-state index contributed by atoms with van der Waals surface area (Å²) in [7, 11) is -3.33. The molecule has 1 amide bonds. The molecule has 2 unspecified atom stereocenters. The predicted octanol–water partition coefficient (Wildman–Crippen LogP) is 0.715. The van der Waals surface area contributed by atoms with Crippen molar-refractivity contribution in [2.75, 3.05) is 25.4 Å². The van der Waals surface area contributed by atoms with Crippen molar-refractivity contribution < 1.29 is 18.3 Å². The molecule has 1 aliphatic rings. The second-order valence-electron chi connectivity index (χ2n) is 5.62. The molecule has 0 aromatic carbocycles. The second-order valence-corrected chi connectivity index (χ2v) is 7.66. The summed E-state index contributed by atoms with van der Waals surface area (Å²) in [4.78, 5) is 12.3. The smallest absolute Gasteiger partial charge is 0.238 e. The summed E-state index contributed by atoms with van der Waals surface area (Å²) in [5, 5.41) is 11.8. The van der Waals surface area contributed by atoms with Crippen LogP contribution in [0.5, 0.6) is 0 Å². The van der Waals surface area contributed by atoms with E-state index >= 15 is 0 Å². The fourth-order valence-corrected chi connectivity index (χ4v) is 4.45. The van der Waals surface area contributed by atoms with E-state index in [1.165, 1.54) is 4.31 Å². The van der Waals surface area contributed by atoms with E-state index in [4.69, 9.17) is 5.11 Å². The first kappa shape index (κ1) is 18.4. The van der Waals surface area contributed by atoms with Gasteiger partial charge in [-0.3, -0.25) is 4.79 Å². The Kier molecular flexibility index (Phi) is 7.62. The second kappa shape index (κ2) is 8.70. The molecule has 2 atom stereocenters. The number of carbonyl (C=O) groups is 1. The van der Waals surface area contributed by atoms with Crippen LogP contribution in [0.2, 0.25) is 0 Å². The first-order chi connectivity index (χ1) is 9.96. The van der Waals surface area contributed by atoms with Gasteiger partial charge in [0, 0.05) is 19.7 Å². The third-order valence-electron chi connectivity index (χ3n) is 4.01. The van der Waals surface area contributed by atoms with Gasteiger partial charge in [-0.05, 0) is 31.6 Å². The van der Waals surface area contributed by atoms with Crippen molar-refractivity contribution in [3.05, 3.63) is 0 Å². The van der Waals surface area contributed by atoms with Crippen LogP contribution >= 0.6 is 0 Å². The maximum atomic E-state index is 12.3. The molecule has 0 spiro atoms. The third-order valence-corrected chi connectivity index (χ3v) is 6.08. The summed E-state index contributed by atoms with van der Waals surface area (Å²) in [5.41, 5.74) is 0. The van der Waals surface area contributed by atoms with Gasteiger partial charge in [-0.1, -0.05) is 20.3 Å². The van der Waals surface area contributed by atoms with Gasteiger partial charge in [0.2, 0.25) is 15.9 Å². The lowest BCUT2D eigenvalue weighted by atomic mass is 10.0. The van der Waals surface area contributed by atoms with Gasteiger partial charge in [-0.25, -0.2) is 8.42 Å². The van der Waals surface area contributed by atoms with Crippen LogP contribution in [0.25, 0.3) is 0 Å². The van der Waals surface area contributed by atoms with Crippen LogP contribution in [0, 0.1) is 5.92 Å². The molecule has 0 aromatic rings. The van der Waals surface area contributed by atoms with E-state index in [0.29, 0.717) is 32.4 Å².